The zero-order valence-corrected chi connectivity index (χ0v) is 71.9. The number of aryl methyl sites for hydroxylation is 8. The van der Waals surface area contributed by atoms with E-state index in [9.17, 15) is 4.39 Å². The summed E-state index contributed by atoms with van der Waals surface area (Å²) in [6.45, 7) is 8.41. The maximum atomic E-state index is 13.4. The third-order valence-electron chi connectivity index (χ3n) is 25.8. The van der Waals surface area contributed by atoms with E-state index in [1.807, 2.05) is 149 Å². The normalized spacial score (nSPS) is 14.0. The minimum atomic E-state index is -1.35. The lowest BCUT2D eigenvalue weighted by Gasteiger charge is -2.21. The van der Waals surface area contributed by atoms with Crippen LogP contribution in [-0.2, 0) is 40.9 Å². The van der Waals surface area contributed by atoms with Gasteiger partial charge in [0, 0.05) is 119 Å². The van der Waals surface area contributed by atoms with Gasteiger partial charge in [-0.2, -0.15) is 0 Å². The van der Waals surface area contributed by atoms with Gasteiger partial charge < -0.3 is 17.7 Å². The molecular weight excluding hydrogens is 1550 g/mol. The number of benzene rings is 10. The minimum absolute atomic E-state index is 0.0709. The molecule has 0 radical (unpaired) electrons. The van der Waals surface area contributed by atoms with E-state index >= 15 is 0 Å². The third-order valence-corrected chi connectivity index (χ3v) is 25.8. The first kappa shape index (κ1) is 74.2. The van der Waals surface area contributed by atoms with Crippen LogP contribution in [0, 0.1) is 45.3 Å². The third kappa shape index (κ3) is 14.9. The molecule has 2 saturated carbocycles. The van der Waals surface area contributed by atoms with Gasteiger partial charge in [-0.05, 0) is 169 Å². The summed E-state index contributed by atoms with van der Waals surface area (Å²) in [4.78, 5) is 19.1. The van der Waals surface area contributed by atoms with Gasteiger partial charge in [0.25, 0.3) is 0 Å². The molecule has 12 nitrogen and oxygen atoms in total. The Morgan fingerprint density at radius 1 is 0.294 bits per heavy atom. The number of aromatic nitrogens is 8. The lowest BCUT2D eigenvalue weighted by atomic mass is 9.85. The number of halogens is 1. The smallest absolute Gasteiger partial charge is 0.227 e. The number of nitrogens with zero attached hydrogens (tertiary/aromatic N) is 8. The van der Waals surface area contributed by atoms with Crippen molar-refractivity contribution in [2.24, 2.45) is 40.0 Å². The van der Waals surface area contributed by atoms with Crippen LogP contribution in [0.25, 0.3) is 199 Å². The summed E-state index contributed by atoms with van der Waals surface area (Å²) in [6.07, 6.45) is 15.0. The predicted molar refractivity (Wildman–Crippen MR) is 508 cm³/mol. The average Bonchev–Trinajstić information content (AvgIpc) is 1.57. The number of fused-ring (bicyclic) bond motifs is 16. The fraction of sp³-hybridized carbons (Fsp3) is 0.186. The van der Waals surface area contributed by atoms with Gasteiger partial charge in [0.15, 0.2) is 47.1 Å². The standard InChI is InChI=1S/C29H29N2O.C28H20FN2O.C28H27N2O.C28H21N2O/c1-19-12-13-23-24-18-22-10-6-7-11-25(22)30-29(24)32-28(23)27(19)26-17-21(14-15-31(26)2)16-20-8-4-3-5-9-20;1-17-7-12-22-23-15-20-5-3-4-6-24(20)30-28(23)32-27(22)26(17)25-16-19(13-14-31(25)2)18-8-10-21(29)11-9-18;1-18-11-12-22-23-17-21-9-5-6-10-24(21)29-28(23)31-27(22)26(18)25-16-20(13-14-30(25)2)15-19-7-3-4-8-19;1-18-12-13-22-23-16-21-10-6-7-11-24(21)29-28(23)31-27(22)26(18)25-17-20(14-15-30(25)2)19-8-4-3-5-9-19/h6-7,10-15,17-18,20H,3-5,8-9,16H2,1-2H3;3-16H,1-2H3;5-6,9-14,16-17,19H,3-4,7-8,15H2,1-2H3;3-17H,1-2H3/q4*+1/i16D2;;15D2;. The number of rotatable bonds is 10. The minimum Gasteiger partial charge on any atom is -0.437 e. The van der Waals surface area contributed by atoms with Gasteiger partial charge in [-0.25, -0.2) is 42.6 Å². The molecule has 0 amide bonds. The van der Waals surface area contributed by atoms with Crippen molar-refractivity contribution in [3.63, 3.8) is 0 Å². The lowest BCUT2D eigenvalue weighted by Crippen LogP contribution is -2.31. The lowest BCUT2D eigenvalue weighted by molar-refractivity contribution is -0.660. The summed E-state index contributed by atoms with van der Waals surface area (Å²) in [7, 11) is 8.13. The fourth-order valence-electron chi connectivity index (χ4n) is 19.0. The fourth-order valence-corrected chi connectivity index (χ4v) is 19.0. The van der Waals surface area contributed by atoms with E-state index in [-0.39, 0.29) is 17.7 Å². The van der Waals surface area contributed by atoms with Crippen LogP contribution in [0.4, 0.5) is 4.39 Å². The van der Waals surface area contributed by atoms with E-state index < -0.39 is 12.7 Å². The largest absolute Gasteiger partial charge is 0.437 e. The summed E-state index contributed by atoms with van der Waals surface area (Å²) < 4.78 is 83.2. The number of hydrogen-bond donors (Lipinski definition) is 0. The summed E-state index contributed by atoms with van der Waals surface area (Å²) in [5, 5.41) is 12.7. The molecule has 0 aliphatic heterocycles. The van der Waals surface area contributed by atoms with Crippen molar-refractivity contribution in [3.05, 3.63) is 337 Å². The van der Waals surface area contributed by atoms with Crippen molar-refractivity contribution in [3.8, 4) is 67.3 Å². The molecule has 12 heterocycles. The molecule has 616 valence electrons. The molecule has 0 spiro atoms. The highest BCUT2D eigenvalue weighted by Crippen LogP contribution is 2.45. The quantitative estimate of drug-likeness (QED) is 0.124. The monoisotopic (exact) mass is 1650 g/mol. The van der Waals surface area contributed by atoms with E-state index in [0.29, 0.717) is 22.9 Å². The molecule has 0 unspecified atom stereocenters. The van der Waals surface area contributed by atoms with Crippen LogP contribution < -0.4 is 18.3 Å². The molecule has 12 aromatic heterocycles. The second kappa shape index (κ2) is 33.0. The van der Waals surface area contributed by atoms with Gasteiger partial charge in [-0.15, -0.1) is 0 Å². The van der Waals surface area contributed by atoms with Crippen LogP contribution in [0.15, 0.2) is 315 Å². The van der Waals surface area contributed by atoms with Gasteiger partial charge in [0.05, 0.1) is 44.3 Å². The Labute approximate surface area is 735 Å². The number of pyridine rings is 8. The molecule has 2 aliphatic carbocycles. The number of hydrogen-bond acceptors (Lipinski definition) is 8. The van der Waals surface area contributed by atoms with Gasteiger partial charge in [0.1, 0.15) is 34.0 Å². The first-order valence-corrected chi connectivity index (χ1v) is 43.8. The second-order valence-electron chi connectivity index (χ2n) is 34.2. The Balaban J connectivity index is 0.000000105. The first-order valence-electron chi connectivity index (χ1n) is 45.8. The van der Waals surface area contributed by atoms with Crippen LogP contribution in [0.2, 0.25) is 0 Å². The Morgan fingerprint density at radius 3 is 0.913 bits per heavy atom. The molecule has 126 heavy (non-hydrogen) atoms. The van der Waals surface area contributed by atoms with Crippen LogP contribution in [0.3, 0.4) is 0 Å². The molecule has 2 aliphatic rings. The zero-order chi connectivity index (χ0) is 89.0. The van der Waals surface area contributed by atoms with Crippen molar-refractivity contribution < 1.29 is 45.8 Å². The zero-order valence-electron chi connectivity index (χ0n) is 75.9. The molecule has 10 aromatic carbocycles. The molecule has 22 aromatic rings. The second-order valence-corrected chi connectivity index (χ2v) is 34.2. The van der Waals surface area contributed by atoms with Gasteiger partial charge in [0.2, 0.25) is 45.6 Å². The van der Waals surface area contributed by atoms with Gasteiger partial charge in [-0.1, -0.05) is 222 Å². The Hall–Kier alpha value is -14.4. The summed E-state index contributed by atoms with van der Waals surface area (Å²) >= 11 is 0. The Bertz CT molecular complexity index is 8250. The molecule has 0 atom stereocenters. The van der Waals surface area contributed by atoms with Crippen LogP contribution in [-0.4, -0.2) is 19.9 Å². The summed E-state index contributed by atoms with van der Waals surface area (Å²) in [5.74, 6) is -0.0856. The van der Waals surface area contributed by atoms with E-state index in [1.54, 1.807) is 12.1 Å². The molecule has 0 bridgehead atoms. The topological polar surface area (TPSA) is 120 Å². The average molecular weight is 1650 g/mol. The molecular formula is C113H97FN8O4+4. The molecule has 2 fully saturated rings. The molecule has 24 rings (SSSR count). The predicted octanol–water partition coefficient (Wildman–Crippen LogP) is 27.1. The Morgan fingerprint density at radius 2 is 0.579 bits per heavy atom. The molecule has 0 saturated heterocycles. The summed E-state index contributed by atoms with van der Waals surface area (Å²) in [6, 6.07) is 91.7. The van der Waals surface area contributed by atoms with E-state index in [4.69, 9.17) is 43.1 Å². The first-order chi connectivity index (χ1) is 63.1. The molecule has 13 heteroatoms. The van der Waals surface area contributed by atoms with E-state index in [0.717, 1.165) is 244 Å². The Kier molecular flexibility index (Phi) is 19.4. The van der Waals surface area contributed by atoms with Crippen LogP contribution >= 0.6 is 0 Å². The van der Waals surface area contributed by atoms with Crippen molar-refractivity contribution in [2.45, 2.75) is 98.2 Å². The van der Waals surface area contributed by atoms with E-state index in [2.05, 4.69) is 199 Å². The SMILES string of the molecule is Cc1ccc2c(oc3nc4ccccc4cc32)c1-c1cc(-c2ccc(F)cc2)cc[n+]1C.Cc1ccc2c(oc3nc4ccccc4cc32)c1-c1cc(-c2ccccc2)cc[n+]1C.[2H]C([2H])(c1cc[n+](C)c(-c2c(C)ccc3c2oc2nc4ccccc4cc23)c1)C1CCCC1.[2H]C([2H])(c1cc[n+](C)c(-c2c(C)ccc3c2oc2nc4ccccc4cc23)c1)C1CCCCC1. The maximum Gasteiger partial charge on any atom is 0.227 e. The number of para-hydroxylation sites is 4. The van der Waals surface area contributed by atoms with E-state index in [1.165, 1.54) is 35.2 Å². The maximum absolute atomic E-state index is 13.4. The van der Waals surface area contributed by atoms with Crippen molar-refractivity contribution in [1.29, 1.82) is 0 Å². The van der Waals surface area contributed by atoms with Crippen molar-refractivity contribution in [1.82, 2.24) is 19.9 Å². The molecule has 0 N–H and O–H groups in total. The van der Waals surface area contributed by atoms with Crippen LogP contribution in [0.5, 0.6) is 0 Å². The van der Waals surface area contributed by atoms with Crippen molar-refractivity contribution >= 4 is 132 Å². The summed E-state index contributed by atoms with van der Waals surface area (Å²) in [5.41, 5.74) is 28.2. The number of furan rings is 4. The van der Waals surface area contributed by atoms with Gasteiger partial charge in [-0.3, -0.25) is 0 Å². The highest BCUT2D eigenvalue weighted by Gasteiger charge is 2.29. The van der Waals surface area contributed by atoms with Crippen molar-refractivity contribution in [2.75, 3.05) is 0 Å². The highest BCUT2D eigenvalue weighted by molar-refractivity contribution is 6.15. The highest BCUT2D eigenvalue weighted by atomic mass is 19.1. The van der Waals surface area contributed by atoms with Crippen LogP contribution in [0.1, 0.15) is 96.7 Å². The van der Waals surface area contributed by atoms with Gasteiger partial charge >= 0.3 is 0 Å².